The quantitative estimate of drug-likeness (QED) is 0.473. The molecule has 2 heteroatoms. The summed E-state index contributed by atoms with van der Waals surface area (Å²) < 4.78 is 2.90. The van der Waals surface area contributed by atoms with E-state index in [2.05, 4.69) is 85.5 Å². The van der Waals surface area contributed by atoms with Crippen molar-refractivity contribution >= 4 is 40.9 Å². The van der Waals surface area contributed by atoms with E-state index >= 15 is 0 Å². The van der Waals surface area contributed by atoms with E-state index in [0.717, 1.165) is 0 Å². The average molecular weight is 350 g/mol. The Labute approximate surface area is 137 Å². The minimum absolute atomic E-state index is 0.377. The Morgan fingerprint density at radius 2 is 1.27 bits per heavy atom. The molecule has 3 aromatic carbocycles. The van der Waals surface area contributed by atoms with Gasteiger partial charge in [-0.05, 0) is 0 Å². The van der Waals surface area contributed by atoms with Crippen LogP contribution >= 0.6 is 0 Å². The van der Waals surface area contributed by atoms with Crippen LogP contribution in [0.25, 0.3) is 0 Å². The summed E-state index contributed by atoms with van der Waals surface area (Å²) in [6.45, 7) is 4.35. The molecule has 0 fully saturated rings. The van der Waals surface area contributed by atoms with Crippen LogP contribution < -0.4 is 13.8 Å². The molecule has 0 atom stereocenters. The maximum atomic E-state index is 2.42. The summed E-state index contributed by atoms with van der Waals surface area (Å²) in [5.41, 5.74) is 6.56. The van der Waals surface area contributed by atoms with Crippen molar-refractivity contribution in [1.29, 1.82) is 0 Å². The predicted molar refractivity (Wildman–Crippen MR) is 95.6 cm³/mol. The molecule has 108 valence electrons. The second-order valence-electron chi connectivity index (χ2n) is 5.66. The van der Waals surface area contributed by atoms with Gasteiger partial charge in [0.1, 0.15) is 0 Å². The minimum atomic E-state index is 0.377. The van der Waals surface area contributed by atoms with Crippen molar-refractivity contribution in [2.75, 3.05) is 4.90 Å². The van der Waals surface area contributed by atoms with E-state index in [4.69, 9.17) is 0 Å². The number of aryl methyl sites for hydroxylation is 2. The third-order valence-corrected chi connectivity index (χ3v) is 6.40. The molecule has 0 saturated heterocycles. The van der Waals surface area contributed by atoms with Gasteiger partial charge in [0, 0.05) is 0 Å². The van der Waals surface area contributed by atoms with Gasteiger partial charge < -0.3 is 0 Å². The Kier molecular flexibility index (Phi) is 3.29. The Balaban J connectivity index is 1.98. The number of fused-ring (bicyclic) bond motifs is 2. The van der Waals surface area contributed by atoms with Crippen LogP contribution in [-0.4, -0.2) is 15.0 Å². The number of nitrogens with zero attached hydrogens (tertiary/aromatic N) is 1. The molecule has 0 unspecified atom stereocenters. The van der Waals surface area contributed by atoms with Crippen molar-refractivity contribution in [3.8, 4) is 0 Å². The number of benzene rings is 3. The fourth-order valence-corrected chi connectivity index (χ4v) is 5.24. The van der Waals surface area contributed by atoms with Gasteiger partial charge in [0.2, 0.25) is 0 Å². The molecule has 0 amide bonds. The Bertz CT molecular complexity index is 808. The van der Waals surface area contributed by atoms with E-state index in [1.807, 2.05) is 0 Å². The molecule has 0 saturated carbocycles. The van der Waals surface area contributed by atoms with Crippen molar-refractivity contribution in [2.45, 2.75) is 13.8 Å². The molecule has 1 aliphatic rings. The zero-order valence-corrected chi connectivity index (χ0v) is 14.4. The van der Waals surface area contributed by atoms with E-state index in [9.17, 15) is 0 Å². The monoisotopic (exact) mass is 351 g/mol. The standard InChI is InChI=1S/C20H17NSe/c1-14-11-12-16(15(2)13-14)21-17-7-3-5-9-19(17)22-20-10-6-4-8-18(20)21/h3-13H,1-2H3. The Morgan fingerprint density at radius 1 is 0.682 bits per heavy atom. The molecule has 4 rings (SSSR count). The molecule has 0 N–H and O–H groups in total. The van der Waals surface area contributed by atoms with Gasteiger partial charge in [0.15, 0.2) is 0 Å². The van der Waals surface area contributed by atoms with Crippen molar-refractivity contribution in [3.63, 3.8) is 0 Å². The van der Waals surface area contributed by atoms with Crippen LogP contribution in [0.15, 0.2) is 66.7 Å². The third kappa shape index (κ3) is 2.16. The number of rotatable bonds is 1. The SMILES string of the molecule is Cc1ccc(N2c3ccccc3[Se]c3ccccc32)c(C)c1. The molecule has 1 aliphatic heterocycles. The average Bonchev–Trinajstić information content (AvgIpc) is 2.53. The molecule has 1 nitrogen and oxygen atoms in total. The third-order valence-electron chi connectivity index (χ3n) is 4.03. The normalized spacial score (nSPS) is 12.7. The van der Waals surface area contributed by atoms with Gasteiger partial charge in [-0.15, -0.1) is 0 Å². The maximum absolute atomic E-state index is 2.42. The fraction of sp³-hybridized carbons (Fsp3) is 0.100. The van der Waals surface area contributed by atoms with Crippen molar-refractivity contribution in [2.24, 2.45) is 0 Å². The topological polar surface area (TPSA) is 3.24 Å². The first-order chi connectivity index (χ1) is 10.7. The van der Waals surface area contributed by atoms with Crippen LogP contribution in [0.4, 0.5) is 17.1 Å². The van der Waals surface area contributed by atoms with Crippen molar-refractivity contribution in [1.82, 2.24) is 0 Å². The number of para-hydroxylation sites is 2. The molecular formula is C20H17NSe. The van der Waals surface area contributed by atoms with Gasteiger partial charge >= 0.3 is 138 Å². The summed E-state index contributed by atoms with van der Waals surface area (Å²) in [6.07, 6.45) is 0. The first-order valence-corrected chi connectivity index (χ1v) is 9.18. The molecule has 0 bridgehead atoms. The molecule has 0 aromatic heterocycles. The molecule has 0 aliphatic carbocycles. The van der Waals surface area contributed by atoms with Crippen LogP contribution in [-0.2, 0) is 0 Å². The summed E-state index contributed by atoms with van der Waals surface area (Å²) in [5, 5.41) is 0. The second-order valence-corrected chi connectivity index (χ2v) is 7.94. The molecule has 0 spiro atoms. The van der Waals surface area contributed by atoms with Gasteiger partial charge in [0.25, 0.3) is 0 Å². The number of anilines is 3. The van der Waals surface area contributed by atoms with E-state index in [1.54, 1.807) is 0 Å². The van der Waals surface area contributed by atoms with E-state index in [1.165, 1.54) is 37.1 Å². The predicted octanol–water partition coefficient (Wildman–Crippen LogP) is 3.74. The summed E-state index contributed by atoms with van der Waals surface area (Å²) in [4.78, 5) is 2.42. The van der Waals surface area contributed by atoms with E-state index < -0.39 is 0 Å². The zero-order chi connectivity index (χ0) is 15.1. The molecule has 3 aromatic rings. The Hall–Kier alpha value is -2.02. The Morgan fingerprint density at radius 3 is 1.86 bits per heavy atom. The molecular weight excluding hydrogens is 333 g/mol. The molecule has 0 radical (unpaired) electrons. The second kappa shape index (κ2) is 5.31. The van der Waals surface area contributed by atoms with Gasteiger partial charge in [-0.1, -0.05) is 0 Å². The molecule has 1 heterocycles. The van der Waals surface area contributed by atoms with Crippen molar-refractivity contribution < 1.29 is 0 Å². The van der Waals surface area contributed by atoms with E-state index in [-0.39, 0.29) is 0 Å². The van der Waals surface area contributed by atoms with Crippen LogP contribution in [0.1, 0.15) is 11.1 Å². The summed E-state index contributed by atoms with van der Waals surface area (Å²) in [5.74, 6) is 0. The van der Waals surface area contributed by atoms with Crippen LogP contribution in [0.3, 0.4) is 0 Å². The van der Waals surface area contributed by atoms with Gasteiger partial charge in [-0.2, -0.15) is 0 Å². The van der Waals surface area contributed by atoms with Crippen LogP contribution in [0, 0.1) is 13.8 Å². The van der Waals surface area contributed by atoms with Gasteiger partial charge in [-0.25, -0.2) is 0 Å². The summed E-state index contributed by atoms with van der Waals surface area (Å²) in [6, 6.07) is 24.3. The number of hydrogen-bond acceptors (Lipinski definition) is 1. The molecule has 22 heavy (non-hydrogen) atoms. The van der Waals surface area contributed by atoms with Gasteiger partial charge in [-0.3, -0.25) is 0 Å². The fourth-order valence-electron chi connectivity index (χ4n) is 3.02. The first-order valence-electron chi connectivity index (χ1n) is 7.47. The summed E-state index contributed by atoms with van der Waals surface area (Å²) >= 11 is 0.377. The van der Waals surface area contributed by atoms with Crippen LogP contribution in [0.2, 0.25) is 0 Å². The first kappa shape index (κ1) is 13.6. The van der Waals surface area contributed by atoms with Gasteiger partial charge in [0.05, 0.1) is 0 Å². The number of hydrogen-bond donors (Lipinski definition) is 0. The summed E-state index contributed by atoms with van der Waals surface area (Å²) in [7, 11) is 0. The van der Waals surface area contributed by atoms with Crippen molar-refractivity contribution in [3.05, 3.63) is 77.9 Å². The zero-order valence-electron chi connectivity index (χ0n) is 12.7. The van der Waals surface area contributed by atoms with E-state index in [0.29, 0.717) is 15.0 Å². The van der Waals surface area contributed by atoms with Crippen LogP contribution in [0.5, 0.6) is 0 Å².